The van der Waals surface area contributed by atoms with E-state index >= 15 is 0 Å². The molecule has 4 aromatic rings. The Hall–Kier alpha value is -3.13. The largest absolute Gasteiger partial charge is 0.461 e. The minimum atomic E-state index is 0.865. The van der Waals surface area contributed by atoms with Crippen LogP contribution in [0.4, 0.5) is 0 Å². The minimum absolute atomic E-state index is 0.865. The summed E-state index contributed by atoms with van der Waals surface area (Å²) in [5, 5.41) is 0. The summed E-state index contributed by atoms with van der Waals surface area (Å²) in [4.78, 5) is 4.86. The third kappa shape index (κ3) is 2.86. The number of benzene rings is 2. The molecule has 24 heavy (non-hydrogen) atoms. The quantitative estimate of drug-likeness (QED) is 0.465. The molecule has 0 N–H and O–H groups in total. The number of aromatic nitrogens is 1. The number of rotatable bonds is 3. The number of hydrogen-bond acceptors (Lipinski definition) is 2. The summed E-state index contributed by atoms with van der Waals surface area (Å²) < 4.78 is 5.82. The normalized spacial score (nSPS) is 10.7. The third-order valence-electron chi connectivity index (χ3n) is 3.99. The Bertz CT molecular complexity index is 898. The summed E-state index contributed by atoms with van der Waals surface area (Å²) in [6.07, 6.45) is 0. The molecule has 0 saturated heterocycles. The van der Waals surface area contributed by atoms with Gasteiger partial charge in [-0.2, -0.15) is 0 Å². The average Bonchev–Trinajstić information content (AvgIpc) is 3.09. The summed E-state index contributed by atoms with van der Waals surface area (Å²) in [6.45, 7) is 1.96. The van der Waals surface area contributed by atoms with Crippen LogP contribution in [0.15, 0.2) is 89.3 Å². The molecule has 2 aromatic carbocycles. The highest BCUT2D eigenvalue weighted by atomic mass is 16.3. The van der Waals surface area contributed by atoms with E-state index in [0.29, 0.717) is 0 Å². The molecule has 116 valence electrons. The third-order valence-corrected chi connectivity index (χ3v) is 3.99. The van der Waals surface area contributed by atoms with Gasteiger partial charge in [0.2, 0.25) is 0 Å². The zero-order valence-corrected chi connectivity index (χ0v) is 13.4. The van der Waals surface area contributed by atoms with Crippen molar-refractivity contribution in [2.24, 2.45) is 0 Å². The molecule has 4 rings (SSSR count). The van der Waals surface area contributed by atoms with Crippen molar-refractivity contribution in [3.05, 3.63) is 90.7 Å². The molecule has 2 heterocycles. The Kier molecular flexibility index (Phi) is 3.72. The molecule has 0 amide bonds. The molecule has 0 unspecified atom stereocenters. The number of furan rings is 1. The van der Waals surface area contributed by atoms with Crippen molar-refractivity contribution in [3.63, 3.8) is 0 Å². The van der Waals surface area contributed by atoms with E-state index in [1.54, 1.807) is 0 Å². The molecule has 2 aromatic heterocycles. The first-order chi connectivity index (χ1) is 11.8. The van der Waals surface area contributed by atoms with Gasteiger partial charge in [0.05, 0.1) is 11.4 Å². The smallest absolute Gasteiger partial charge is 0.134 e. The number of hydrogen-bond donors (Lipinski definition) is 0. The van der Waals surface area contributed by atoms with Crippen LogP contribution in [0.5, 0.6) is 0 Å². The van der Waals surface area contributed by atoms with Crippen molar-refractivity contribution in [2.45, 2.75) is 6.92 Å². The van der Waals surface area contributed by atoms with Crippen LogP contribution >= 0.6 is 0 Å². The topological polar surface area (TPSA) is 26.0 Å². The van der Waals surface area contributed by atoms with Gasteiger partial charge in [-0.3, -0.25) is 0 Å². The van der Waals surface area contributed by atoms with Crippen LogP contribution in [-0.2, 0) is 0 Å². The molecule has 0 fully saturated rings. The molecular weight excluding hydrogens is 294 g/mol. The summed E-state index contributed by atoms with van der Waals surface area (Å²) in [5.74, 6) is 1.77. The van der Waals surface area contributed by atoms with E-state index in [9.17, 15) is 0 Å². The van der Waals surface area contributed by atoms with E-state index in [-0.39, 0.29) is 0 Å². The van der Waals surface area contributed by atoms with Crippen molar-refractivity contribution >= 4 is 0 Å². The molecule has 0 aliphatic rings. The van der Waals surface area contributed by atoms with Gasteiger partial charge < -0.3 is 4.42 Å². The van der Waals surface area contributed by atoms with Gasteiger partial charge in [-0.25, -0.2) is 4.98 Å². The van der Waals surface area contributed by atoms with Gasteiger partial charge in [-0.15, -0.1) is 0 Å². The molecule has 2 heteroatoms. The lowest BCUT2D eigenvalue weighted by Gasteiger charge is -2.08. The first-order valence-corrected chi connectivity index (χ1v) is 7.99. The van der Waals surface area contributed by atoms with E-state index < -0.39 is 0 Å². The maximum atomic E-state index is 5.82. The zero-order chi connectivity index (χ0) is 16.4. The van der Waals surface area contributed by atoms with Gasteiger partial charge in [-0.1, -0.05) is 60.7 Å². The maximum Gasteiger partial charge on any atom is 0.134 e. The van der Waals surface area contributed by atoms with Crippen LogP contribution in [0.3, 0.4) is 0 Å². The second-order valence-electron chi connectivity index (χ2n) is 5.77. The lowest BCUT2D eigenvalue weighted by atomic mass is 10.0. The molecule has 0 radical (unpaired) electrons. The van der Waals surface area contributed by atoms with Crippen LogP contribution in [-0.4, -0.2) is 4.98 Å². The second-order valence-corrected chi connectivity index (χ2v) is 5.77. The van der Waals surface area contributed by atoms with Crippen molar-refractivity contribution in [2.75, 3.05) is 0 Å². The van der Waals surface area contributed by atoms with Gasteiger partial charge in [0.25, 0.3) is 0 Å². The SMILES string of the molecule is Cc1ccc(-c2cc(-c3ccccc3)nc(-c3ccccc3)c2)o1. The number of aryl methyl sites for hydroxylation is 1. The summed E-state index contributed by atoms with van der Waals surface area (Å²) >= 11 is 0. The number of nitrogens with zero attached hydrogens (tertiary/aromatic N) is 1. The van der Waals surface area contributed by atoms with Gasteiger partial charge in [0.1, 0.15) is 11.5 Å². The van der Waals surface area contributed by atoms with Gasteiger partial charge in [0, 0.05) is 16.7 Å². The van der Waals surface area contributed by atoms with Crippen LogP contribution < -0.4 is 0 Å². The highest BCUT2D eigenvalue weighted by Crippen LogP contribution is 2.30. The van der Waals surface area contributed by atoms with Gasteiger partial charge in [0.15, 0.2) is 0 Å². The predicted octanol–water partition coefficient (Wildman–Crippen LogP) is 5.98. The molecule has 2 nitrogen and oxygen atoms in total. The highest BCUT2D eigenvalue weighted by molar-refractivity contribution is 5.74. The van der Waals surface area contributed by atoms with Gasteiger partial charge >= 0.3 is 0 Å². The van der Waals surface area contributed by atoms with Crippen LogP contribution in [0.25, 0.3) is 33.8 Å². The van der Waals surface area contributed by atoms with Crippen LogP contribution in [0.1, 0.15) is 5.76 Å². The lowest BCUT2D eigenvalue weighted by Crippen LogP contribution is -1.90. The molecule has 0 saturated carbocycles. The minimum Gasteiger partial charge on any atom is -0.461 e. The Labute approximate surface area is 141 Å². The second kappa shape index (κ2) is 6.17. The monoisotopic (exact) mass is 311 g/mol. The molecule has 0 bridgehead atoms. The zero-order valence-electron chi connectivity index (χ0n) is 13.4. The van der Waals surface area contributed by atoms with Crippen molar-refractivity contribution < 1.29 is 4.42 Å². The van der Waals surface area contributed by atoms with Crippen LogP contribution in [0, 0.1) is 6.92 Å². The average molecular weight is 311 g/mol. The van der Waals surface area contributed by atoms with E-state index in [1.165, 1.54) is 0 Å². The first kappa shape index (κ1) is 14.5. The Morgan fingerprint density at radius 3 is 1.62 bits per heavy atom. The van der Waals surface area contributed by atoms with Crippen molar-refractivity contribution in [1.82, 2.24) is 4.98 Å². The molecule has 0 spiro atoms. The fourth-order valence-corrected chi connectivity index (χ4v) is 2.78. The highest BCUT2D eigenvalue weighted by Gasteiger charge is 2.10. The maximum absolute atomic E-state index is 5.82. The standard InChI is InChI=1S/C22H17NO/c1-16-12-13-22(24-16)19-14-20(17-8-4-2-5-9-17)23-21(15-19)18-10-6-3-7-11-18/h2-15H,1H3. The van der Waals surface area contributed by atoms with Gasteiger partial charge in [-0.05, 0) is 31.2 Å². The van der Waals surface area contributed by atoms with E-state index in [2.05, 4.69) is 36.4 Å². The predicted molar refractivity (Wildman–Crippen MR) is 97.5 cm³/mol. The van der Waals surface area contributed by atoms with Crippen molar-refractivity contribution in [3.8, 4) is 33.8 Å². The van der Waals surface area contributed by atoms with E-state index in [1.807, 2.05) is 55.5 Å². The number of pyridine rings is 1. The summed E-state index contributed by atoms with van der Waals surface area (Å²) in [5.41, 5.74) is 5.12. The fourth-order valence-electron chi connectivity index (χ4n) is 2.78. The molecular formula is C22H17NO. The molecule has 0 aliphatic carbocycles. The Morgan fingerprint density at radius 2 is 1.17 bits per heavy atom. The Morgan fingerprint density at radius 1 is 0.625 bits per heavy atom. The first-order valence-electron chi connectivity index (χ1n) is 7.99. The molecule has 0 atom stereocenters. The summed E-state index contributed by atoms with van der Waals surface area (Å²) in [6, 6.07) is 28.6. The Balaban J connectivity index is 1.91. The summed E-state index contributed by atoms with van der Waals surface area (Å²) in [7, 11) is 0. The van der Waals surface area contributed by atoms with E-state index in [4.69, 9.17) is 9.40 Å². The van der Waals surface area contributed by atoms with Crippen LogP contribution in [0.2, 0.25) is 0 Å². The fraction of sp³-hybridized carbons (Fsp3) is 0.0455. The molecule has 0 aliphatic heterocycles. The lowest BCUT2D eigenvalue weighted by molar-refractivity contribution is 0.548. The van der Waals surface area contributed by atoms with E-state index in [0.717, 1.165) is 39.6 Å². The van der Waals surface area contributed by atoms with Crippen molar-refractivity contribution in [1.29, 1.82) is 0 Å².